The van der Waals surface area contributed by atoms with E-state index < -0.39 is 11.5 Å². The van der Waals surface area contributed by atoms with Crippen LogP contribution >= 0.6 is 11.3 Å². The van der Waals surface area contributed by atoms with Gasteiger partial charge in [-0.05, 0) is 34.5 Å². The summed E-state index contributed by atoms with van der Waals surface area (Å²) in [7, 11) is 0. The number of thiophene rings is 1. The van der Waals surface area contributed by atoms with E-state index in [1.807, 2.05) is 16.8 Å². The van der Waals surface area contributed by atoms with E-state index in [1.54, 1.807) is 23.6 Å². The van der Waals surface area contributed by atoms with Gasteiger partial charge in [-0.2, -0.15) is 11.3 Å². The molecule has 0 radical (unpaired) electrons. The maximum atomic E-state index is 11.7. The standard InChI is InChI=1S/C11H9NO3S/c13-10-9(11(14)15)2-1-4-12(10)6-8-3-5-16-7-8/h1-5,7H,6H2,(H,14,15). The lowest BCUT2D eigenvalue weighted by Gasteiger charge is -2.04. The highest BCUT2D eigenvalue weighted by atomic mass is 32.1. The first-order valence-electron chi connectivity index (χ1n) is 4.62. The van der Waals surface area contributed by atoms with Gasteiger partial charge >= 0.3 is 5.97 Å². The molecule has 0 aromatic carbocycles. The minimum Gasteiger partial charge on any atom is -0.477 e. The van der Waals surface area contributed by atoms with Crippen LogP contribution in [0.4, 0.5) is 0 Å². The van der Waals surface area contributed by atoms with Gasteiger partial charge in [-0.25, -0.2) is 4.79 Å². The molecule has 0 fully saturated rings. The van der Waals surface area contributed by atoms with E-state index in [9.17, 15) is 9.59 Å². The fraction of sp³-hybridized carbons (Fsp3) is 0.0909. The summed E-state index contributed by atoms with van der Waals surface area (Å²) in [6.07, 6.45) is 1.59. The molecule has 0 unspecified atom stereocenters. The highest BCUT2D eigenvalue weighted by Gasteiger charge is 2.09. The molecule has 0 aliphatic rings. The molecule has 0 aliphatic carbocycles. The van der Waals surface area contributed by atoms with E-state index in [1.165, 1.54) is 10.6 Å². The minimum atomic E-state index is -1.19. The van der Waals surface area contributed by atoms with Crippen LogP contribution in [0.1, 0.15) is 15.9 Å². The second-order valence-corrected chi connectivity index (χ2v) is 4.07. The number of hydrogen-bond donors (Lipinski definition) is 1. The molecule has 16 heavy (non-hydrogen) atoms. The average molecular weight is 235 g/mol. The topological polar surface area (TPSA) is 59.3 Å². The van der Waals surface area contributed by atoms with Gasteiger partial charge in [-0.3, -0.25) is 4.79 Å². The van der Waals surface area contributed by atoms with Crippen molar-refractivity contribution in [3.05, 3.63) is 56.6 Å². The lowest BCUT2D eigenvalue weighted by molar-refractivity contribution is 0.0694. The third-order valence-electron chi connectivity index (χ3n) is 2.18. The van der Waals surface area contributed by atoms with Crippen molar-refractivity contribution in [3.63, 3.8) is 0 Å². The Morgan fingerprint density at radius 1 is 1.44 bits per heavy atom. The molecule has 1 N–H and O–H groups in total. The van der Waals surface area contributed by atoms with Crippen LogP contribution in [0.15, 0.2) is 40.0 Å². The lowest BCUT2D eigenvalue weighted by atomic mass is 10.2. The average Bonchev–Trinajstić information content (AvgIpc) is 2.73. The fourth-order valence-electron chi connectivity index (χ4n) is 1.40. The summed E-state index contributed by atoms with van der Waals surface area (Å²) in [6, 6.07) is 4.79. The molecule has 2 heterocycles. The summed E-state index contributed by atoms with van der Waals surface area (Å²) in [5.74, 6) is -1.19. The van der Waals surface area contributed by atoms with Gasteiger partial charge in [0.1, 0.15) is 5.56 Å². The zero-order valence-corrected chi connectivity index (χ0v) is 9.11. The zero-order valence-electron chi connectivity index (χ0n) is 8.29. The maximum Gasteiger partial charge on any atom is 0.341 e. The Balaban J connectivity index is 2.39. The Kier molecular flexibility index (Phi) is 2.87. The fourth-order valence-corrected chi connectivity index (χ4v) is 2.06. The highest BCUT2D eigenvalue weighted by molar-refractivity contribution is 7.07. The van der Waals surface area contributed by atoms with Gasteiger partial charge in [0.2, 0.25) is 0 Å². The Hall–Kier alpha value is -1.88. The highest BCUT2D eigenvalue weighted by Crippen LogP contribution is 2.07. The number of carbonyl (C=O) groups is 1. The summed E-state index contributed by atoms with van der Waals surface area (Å²) in [6.45, 7) is 0.406. The first-order valence-corrected chi connectivity index (χ1v) is 5.56. The lowest BCUT2D eigenvalue weighted by Crippen LogP contribution is -2.25. The van der Waals surface area contributed by atoms with E-state index in [2.05, 4.69) is 0 Å². The van der Waals surface area contributed by atoms with Crippen molar-refractivity contribution in [2.24, 2.45) is 0 Å². The van der Waals surface area contributed by atoms with Gasteiger partial charge in [0.05, 0.1) is 6.54 Å². The predicted molar refractivity (Wildman–Crippen MR) is 61.1 cm³/mol. The molecule has 0 saturated heterocycles. The second kappa shape index (κ2) is 4.32. The van der Waals surface area contributed by atoms with Crippen LogP contribution in [-0.2, 0) is 6.54 Å². The predicted octanol–water partition coefficient (Wildman–Crippen LogP) is 1.66. The van der Waals surface area contributed by atoms with Gasteiger partial charge in [-0.1, -0.05) is 0 Å². The molecule has 0 bridgehead atoms. The quantitative estimate of drug-likeness (QED) is 0.880. The number of aromatic nitrogens is 1. The van der Waals surface area contributed by atoms with Gasteiger partial charge in [0.25, 0.3) is 5.56 Å². The number of rotatable bonds is 3. The Morgan fingerprint density at radius 3 is 2.88 bits per heavy atom. The smallest absolute Gasteiger partial charge is 0.341 e. The Bertz CT molecular complexity index is 557. The van der Waals surface area contributed by atoms with Crippen molar-refractivity contribution in [2.45, 2.75) is 6.54 Å². The molecule has 0 aliphatic heterocycles. The number of carboxylic acids is 1. The Morgan fingerprint density at radius 2 is 2.25 bits per heavy atom. The Labute approximate surface area is 95.4 Å². The van der Waals surface area contributed by atoms with Gasteiger partial charge in [0.15, 0.2) is 0 Å². The van der Waals surface area contributed by atoms with Crippen LogP contribution in [-0.4, -0.2) is 15.6 Å². The third-order valence-corrected chi connectivity index (χ3v) is 2.92. The first-order chi connectivity index (χ1) is 7.68. The third kappa shape index (κ3) is 2.04. The van der Waals surface area contributed by atoms with Gasteiger partial charge < -0.3 is 9.67 Å². The van der Waals surface area contributed by atoms with Crippen molar-refractivity contribution in [1.29, 1.82) is 0 Å². The summed E-state index contributed by atoms with van der Waals surface area (Å²) in [4.78, 5) is 22.5. The number of aromatic carboxylic acids is 1. The molecular formula is C11H9NO3S. The van der Waals surface area contributed by atoms with Crippen LogP contribution in [0, 0.1) is 0 Å². The van der Waals surface area contributed by atoms with Crippen LogP contribution in [0.2, 0.25) is 0 Å². The minimum absolute atomic E-state index is 0.197. The van der Waals surface area contributed by atoms with Crippen molar-refractivity contribution in [2.75, 3.05) is 0 Å². The summed E-state index contributed by atoms with van der Waals surface area (Å²) in [5, 5.41) is 12.7. The largest absolute Gasteiger partial charge is 0.477 e. The van der Waals surface area contributed by atoms with E-state index in [4.69, 9.17) is 5.11 Å². The molecule has 5 heteroatoms. The van der Waals surface area contributed by atoms with Crippen LogP contribution in [0.5, 0.6) is 0 Å². The van der Waals surface area contributed by atoms with E-state index in [0.29, 0.717) is 6.54 Å². The molecular weight excluding hydrogens is 226 g/mol. The van der Waals surface area contributed by atoms with E-state index >= 15 is 0 Å². The van der Waals surface area contributed by atoms with E-state index in [-0.39, 0.29) is 5.56 Å². The normalized spacial score (nSPS) is 10.2. The van der Waals surface area contributed by atoms with Gasteiger partial charge in [0, 0.05) is 6.20 Å². The molecule has 0 amide bonds. The van der Waals surface area contributed by atoms with E-state index in [0.717, 1.165) is 5.56 Å². The SMILES string of the molecule is O=C(O)c1cccn(Cc2ccsc2)c1=O. The van der Waals surface area contributed by atoms with Gasteiger partial charge in [-0.15, -0.1) is 0 Å². The van der Waals surface area contributed by atoms with Crippen molar-refractivity contribution in [1.82, 2.24) is 4.57 Å². The number of hydrogen-bond acceptors (Lipinski definition) is 3. The van der Waals surface area contributed by atoms with Crippen molar-refractivity contribution < 1.29 is 9.90 Å². The first kappa shape index (κ1) is 10.6. The molecule has 0 spiro atoms. The number of nitrogens with zero attached hydrogens (tertiary/aromatic N) is 1. The van der Waals surface area contributed by atoms with Crippen LogP contribution in [0.25, 0.3) is 0 Å². The molecule has 4 nitrogen and oxygen atoms in total. The molecule has 2 aromatic rings. The molecule has 0 saturated carbocycles. The summed E-state index contributed by atoms with van der Waals surface area (Å²) < 4.78 is 1.39. The van der Waals surface area contributed by atoms with Crippen LogP contribution in [0.3, 0.4) is 0 Å². The molecule has 82 valence electrons. The summed E-state index contributed by atoms with van der Waals surface area (Å²) in [5.41, 5.74) is 0.327. The van der Waals surface area contributed by atoms with Crippen LogP contribution < -0.4 is 5.56 Å². The summed E-state index contributed by atoms with van der Waals surface area (Å²) >= 11 is 1.54. The zero-order chi connectivity index (χ0) is 11.5. The monoisotopic (exact) mass is 235 g/mol. The number of pyridine rings is 1. The molecule has 2 aromatic heterocycles. The van der Waals surface area contributed by atoms with Crippen molar-refractivity contribution in [3.8, 4) is 0 Å². The second-order valence-electron chi connectivity index (χ2n) is 3.29. The van der Waals surface area contributed by atoms with Crippen molar-refractivity contribution >= 4 is 17.3 Å². The molecule has 2 rings (SSSR count). The molecule has 0 atom stereocenters. The number of carboxylic acid groups (broad SMARTS) is 1. The maximum absolute atomic E-state index is 11.7.